The molecule has 0 saturated carbocycles. The number of fused-ring (bicyclic) bond motifs is 1. The number of carbonyl (C=O) groups excluding carboxylic acids is 1. The summed E-state index contributed by atoms with van der Waals surface area (Å²) in [5.41, 5.74) is 2.55. The number of rotatable bonds is 8. The highest BCUT2D eigenvalue weighted by Gasteiger charge is 2.27. The average Bonchev–Trinajstić information content (AvgIpc) is 2.77. The van der Waals surface area contributed by atoms with Crippen LogP contribution in [0.1, 0.15) is 64.4 Å². The van der Waals surface area contributed by atoms with Gasteiger partial charge in [-0.25, -0.2) is 4.98 Å². The van der Waals surface area contributed by atoms with Gasteiger partial charge in [-0.2, -0.15) is 0 Å². The van der Waals surface area contributed by atoms with E-state index in [0.717, 1.165) is 18.5 Å². The Morgan fingerprint density at radius 1 is 1.03 bits per heavy atom. The summed E-state index contributed by atoms with van der Waals surface area (Å²) in [6.07, 6.45) is 2.90. The van der Waals surface area contributed by atoms with Gasteiger partial charge >= 0.3 is 0 Å². The first-order chi connectivity index (χ1) is 14.5. The maximum Gasteiger partial charge on any atom is 0.266 e. The predicted molar refractivity (Wildman–Crippen MR) is 122 cm³/mol. The predicted octanol–water partition coefficient (Wildman–Crippen LogP) is 5.05. The number of aryl methyl sites for hydroxylation is 1. The fourth-order valence-electron chi connectivity index (χ4n) is 3.97. The summed E-state index contributed by atoms with van der Waals surface area (Å²) in [6.45, 7) is 8.71. The van der Waals surface area contributed by atoms with E-state index in [1.807, 2.05) is 74.2 Å². The summed E-state index contributed by atoms with van der Waals surface area (Å²) in [5.74, 6) is 0.721. The van der Waals surface area contributed by atoms with Crippen molar-refractivity contribution in [3.8, 4) is 5.69 Å². The van der Waals surface area contributed by atoms with Crippen LogP contribution in [0.2, 0.25) is 0 Å². The number of para-hydroxylation sites is 1. The Kier molecular flexibility index (Phi) is 7.03. The van der Waals surface area contributed by atoms with E-state index in [1.54, 1.807) is 4.57 Å². The first-order valence-corrected chi connectivity index (χ1v) is 11.0. The molecule has 3 rings (SSSR count). The van der Waals surface area contributed by atoms with E-state index in [4.69, 9.17) is 4.98 Å². The molecule has 0 aliphatic heterocycles. The van der Waals surface area contributed by atoms with Crippen molar-refractivity contribution in [3.63, 3.8) is 0 Å². The number of hydrogen-bond acceptors (Lipinski definition) is 3. The molecule has 5 heteroatoms. The van der Waals surface area contributed by atoms with Crippen LogP contribution in [0.25, 0.3) is 16.6 Å². The quantitative estimate of drug-likeness (QED) is 0.527. The van der Waals surface area contributed by atoms with Crippen LogP contribution in [-0.2, 0) is 11.2 Å². The summed E-state index contributed by atoms with van der Waals surface area (Å²) in [4.78, 5) is 33.2. The first-order valence-electron chi connectivity index (χ1n) is 11.0. The van der Waals surface area contributed by atoms with E-state index in [0.29, 0.717) is 36.1 Å². The van der Waals surface area contributed by atoms with Crippen molar-refractivity contribution >= 4 is 16.8 Å². The van der Waals surface area contributed by atoms with E-state index in [1.165, 1.54) is 5.56 Å². The minimum Gasteiger partial charge on any atom is -0.333 e. The van der Waals surface area contributed by atoms with Crippen molar-refractivity contribution in [2.24, 2.45) is 0 Å². The second-order valence-electron chi connectivity index (χ2n) is 7.50. The molecule has 30 heavy (non-hydrogen) atoms. The standard InChI is InChI=1S/C25H31N3O2/c1-5-11-23(29)27(8-4)22(7-3)24-26-21-13-10-9-12-20(21)25(30)28(24)19-16-14-18(6-2)15-17-19/h9-10,12-17,22H,5-8,11H2,1-4H3. The van der Waals surface area contributed by atoms with Crippen LogP contribution in [0.3, 0.4) is 0 Å². The van der Waals surface area contributed by atoms with E-state index in [9.17, 15) is 9.59 Å². The van der Waals surface area contributed by atoms with E-state index < -0.39 is 0 Å². The molecule has 0 aliphatic carbocycles. The average molecular weight is 406 g/mol. The van der Waals surface area contributed by atoms with E-state index >= 15 is 0 Å². The van der Waals surface area contributed by atoms with Crippen molar-refractivity contribution in [1.29, 1.82) is 0 Å². The zero-order valence-corrected chi connectivity index (χ0v) is 18.4. The van der Waals surface area contributed by atoms with Gasteiger partial charge in [0.1, 0.15) is 5.82 Å². The molecule has 1 atom stereocenters. The molecule has 5 nitrogen and oxygen atoms in total. The molecule has 0 aliphatic rings. The second kappa shape index (κ2) is 9.70. The Morgan fingerprint density at radius 3 is 2.33 bits per heavy atom. The minimum absolute atomic E-state index is 0.0992. The van der Waals surface area contributed by atoms with Gasteiger partial charge in [0, 0.05) is 13.0 Å². The second-order valence-corrected chi connectivity index (χ2v) is 7.50. The molecular weight excluding hydrogens is 374 g/mol. The molecule has 2 aromatic carbocycles. The number of hydrogen-bond donors (Lipinski definition) is 0. The van der Waals surface area contributed by atoms with Gasteiger partial charge in [0.05, 0.1) is 22.6 Å². The van der Waals surface area contributed by atoms with Gasteiger partial charge in [-0.05, 0) is 56.0 Å². The SMILES string of the molecule is CCCC(=O)N(CC)C(CC)c1nc2ccccc2c(=O)n1-c1ccc(CC)cc1. The summed E-state index contributed by atoms with van der Waals surface area (Å²) in [7, 11) is 0. The van der Waals surface area contributed by atoms with Gasteiger partial charge in [0.25, 0.3) is 5.56 Å². The molecular formula is C25H31N3O2. The molecule has 158 valence electrons. The number of benzene rings is 2. The molecule has 0 N–H and O–H groups in total. The third kappa shape index (κ3) is 4.16. The van der Waals surface area contributed by atoms with Gasteiger partial charge in [-0.1, -0.05) is 45.0 Å². The summed E-state index contributed by atoms with van der Waals surface area (Å²) < 4.78 is 1.69. The molecule has 1 heterocycles. The number of aromatic nitrogens is 2. The van der Waals surface area contributed by atoms with Crippen molar-refractivity contribution in [2.75, 3.05) is 6.54 Å². The minimum atomic E-state index is -0.266. The Morgan fingerprint density at radius 2 is 1.73 bits per heavy atom. The normalized spacial score (nSPS) is 12.1. The van der Waals surface area contributed by atoms with Gasteiger partial charge < -0.3 is 4.90 Å². The van der Waals surface area contributed by atoms with Crippen LogP contribution in [-0.4, -0.2) is 26.9 Å². The molecule has 0 fully saturated rings. The molecule has 1 unspecified atom stereocenters. The Bertz CT molecular complexity index is 1070. The largest absolute Gasteiger partial charge is 0.333 e. The zero-order chi connectivity index (χ0) is 21.7. The third-order valence-corrected chi connectivity index (χ3v) is 5.59. The number of carbonyl (C=O) groups is 1. The Balaban J connectivity index is 2.27. The molecule has 0 saturated heterocycles. The highest BCUT2D eigenvalue weighted by atomic mass is 16.2. The van der Waals surface area contributed by atoms with Crippen LogP contribution in [0.5, 0.6) is 0 Å². The fourth-order valence-corrected chi connectivity index (χ4v) is 3.97. The van der Waals surface area contributed by atoms with E-state index in [-0.39, 0.29) is 17.5 Å². The van der Waals surface area contributed by atoms with Crippen LogP contribution in [0.4, 0.5) is 0 Å². The number of nitrogens with zero attached hydrogens (tertiary/aromatic N) is 3. The van der Waals surface area contributed by atoms with Gasteiger partial charge in [0.2, 0.25) is 5.91 Å². The lowest BCUT2D eigenvalue weighted by Crippen LogP contribution is -2.38. The molecule has 3 aromatic rings. The van der Waals surface area contributed by atoms with E-state index in [2.05, 4.69) is 6.92 Å². The summed E-state index contributed by atoms with van der Waals surface area (Å²) >= 11 is 0. The molecule has 1 amide bonds. The molecule has 0 spiro atoms. The smallest absolute Gasteiger partial charge is 0.266 e. The molecule has 0 bridgehead atoms. The van der Waals surface area contributed by atoms with Crippen LogP contribution >= 0.6 is 0 Å². The maximum absolute atomic E-state index is 13.6. The Hall–Kier alpha value is -2.95. The van der Waals surface area contributed by atoms with Crippen molar-refractivity contribution in [3.05, 3.63) is 70.3 Å². The number of amides is 1. The third-order valence-electron chi connectivity index (χ3n) is 5.59. The van der Waals surface area contributed by atoms with Crippen molar-refractivity contribution in [1.82, 2.24) is 14.5 Å². The highest BCUT2D eigenvalue weighted by Crippen LogP contribution is 2.26. The molecule has 1 aromatic heterocycles. The Labute approximate surface area is 178 Å². The highest BCUT2D eigenvalue weighted by molar-refractivity contribution is 5.79. The fraction of sp³-hybridized carbons (Fsp3) is 0.400. The van der Waals surface area contributed by atoms with Gasteiger partial charge in [-0.15, -0.1) is 0 Å². The zero-order valence-electron chi connectivity index (χ0n) is 18.4. The maximum atomic E-state index is 13.6. The van der Waals surface area contributed by atoms with Crippen LogP contribution < -0.4 is 5.56 Å². The van der Waals surface area contributed by atoms with Gasteiger partial charge in [-0.3, -0.25) is 14.2 Å². The monoisotopic (exact) mass is 405 g/mol. The first kappa shape index (κ1) is 21.8. The molecule has 0 radical (unpaired) electrons. The van der Waals surface area contributed by atoms with Crippen molar-refractivity contribution in [2.45, 2.75) is 59.4 Å². The summed E-state index contributed by atoms with van der Waals surface area (Å²) in [5, 5.41) is 0.582. The lowest BCUT2D eigenvalue weighted by Gasteiger charge is -2.31. The lowest BCUT2D eigenvalue weighted by molar-refractivity contribution is -0.133. The van der Waals surface area contributed by atoms with Crippen molar-refractivity contribution < 1.29 is 4.79 Å². The van der Waals surface area contributed by atoms with Crippen LogP contribution in [0.15, 0.2) is 53.3 Å². The topological polar surface area (TPSA) is 55.2 Å². The lowest BCUT2D eigenvalue weighted by atomic mass is 10.1. The summed E-state index contributed by atoms with van der Waals surface area (Å²) in [6, 6.07) is 15.2. The van der Waals surface area contributed by atoms with Gasteiger partial charge in [0.15, 0.2) is 0 Å². The van der Waals surface area contributed by atoms with Crippen LogP contribution in [0, 0.1) is 0 Å².